The van der Waals surface area contributed by atoms with Crippen LogP contribution >= 0.6 is 24.8 Å². The Kier molecular flexibility index (Phi) is 10.7. The SMILES string of the molecule is CCN(CC)CCCNc1cc(OC)cc2cccnc12.Cl.Cl. The minimum Gasteiger partial charge on any atom is -0.497 e. The van der Waals surface area contributed by atoms with E-state index in [0.29, 0.717) is 0 Å². The fraction of sp³-hybridized carbons (Fsp3) is 0.471. The maximum Gasteiger partial charge on any atom is 0.121 e. The van der Waals surface area contributed by atoms with Crippen LogP contribution in [0.1, 0.15) is 20.3 Å². The molecule has 0 amide bonds. The minimum atomic E-state index is 0. The number of fused-ring (bicyclic) bond motifs is 1. The highest BCUT2D eigenvalue weighted by molar-refractivity contribution is 5.91. The molecule has 1 N–H and O–H groups in total. The van der Waals surface area contributed by atoms with Crippen molar-refractivity contribution >= 4 is 41.4 Å². The molecule has 0 saturated carbocycles. The molecule has 0 saturated heterocycles. The minimum absolute atomic E-state index is 0. The van der Waals surface area contributed by atoms with E-state index in [4.69, 9.17) is 4.74 Å². The van der Waals surface area contributed by atoms with Gasteiger partial charge in [0.05, 0.1) is 18.3 Å². The third-order valence-electron chi connectivity index (χ3n) is 3.78. The van der Waals surface area contributed by atoms with Gasteiger partial charge < -0.3 is 15.0 Å². The normalized spacial score (nSPS) is 10.1. The van der Waals surface area contributed by atoms with Crippen LogP contribution in [0.15, 0.2) is 30.5 Å². The van der Waals surface area contributed by atoms with Crippen LogP contribution in [-0.4, -0.2) is 43.2 Å². The number of methoxy groups -OCH3 is 1. The number of benzene rings is 1. The molecule has 23 heavy (non-hydrogen) atoms. The Labute approximate surface area is 151 Å². The number of rotatable bonds is 8. The van der Waals surface area contributed by atoms with Crippen molar-refractivity contribution in [2.45, 2.75) is 20.3 Å². The zero-order chi connectivity index (χ0) is 15.1. The summed E-state index contributed by atoms with van der Waals surface area (Å²) in [6.45, 7) is 8.69. The average molecular weight is 360 g/mol. The van der Waals surface area contributed by atoms with Gasteiger partial charge in [-0.15, -0.1) is 24.8 Å². The number of ether oxygens (including phenoxy) is 1. The first kappa shape index (κ1) is 21.8. The van der Waals surface area contributed by atoms with E-state index in [2.05, 4.69) is 35.1 Å². The summed E-state index contributed by atoms with van der Waals surface area (Å²) in [4.78, 5) is 6.91. The van der Waals surface area contributed by atoms with Crippen molar-refractivity contribution in [1.82, 2.24) is 9.88 Å². The molecular weight excluding hydrogens is 333 g/mol. The average Bonchev–Trinajstić information content (AvgIpc) is 2.54. The number of pyridine rings is 1. The van der Waals surface area contributed by atoms with Gasteiger partial charge in [-0.3, -0.25) is 4.98 Å². The highest BCUT2D eigenvalue weighted by Gasteiger charge is 2.05. The third kappa shape index (κ3) is 6.05. The predicted molar refractivity (Wildman–Crippen MR) is 104 cm³/mol. The van der Waals surface area contributed by atoms with E-state index in [0.717, 1.165) is 54.9 Å². The second-order valence-electron chi connectivity index (χ2n) is 5.06. The quantitative estimate of drug-likeness (QED) is 0.715. The monoisotopic (exact) mass is 359 g/mol. The zero-order valence-electron chi connectivity index (χ0n) is 14.0. The summed E-state index contributed by atoms with van der Waals surface area (Å²) in [5, 5.41) is 4.60. The Morgan fingerprint density at radius 2 is 1.91 bits per heavy atom. The number of halogens is 2. The Hall–Kier alpha value is -1.23. The summed E-state index contributed by atoms with van der Waals surface area (Å²) in [5.74, 6) is 0.863. The number of nitrogens with zero attached hydrogens (tertiary/aromatic N) is 2. The maximum absolute atomic E-state index is 5.37. The molecular formula is C17H27Cl2N3O. The van der Waals surface area contributed by atoms with Gasteiger partial charge in [-0.1, -0.05) is 19.9 Å². The predicted octanol–water partition coefficient (Wildman–Crippen LogP) is 4.23. The van der Waals surface area contributed by atoms with E-state index in [9.17, 15) is 0 Å². The van der Waals surface area contributed by atoms with Crippen molar-refractivity contribution in [1.29, 1.82) is 0 Å². The molecule has 2 aromatic rings. The zero-order valence-corrected chi connectivity index (χ0v) is 15.7. The van der Waals surface area contributed by atoms with E-state index in [-0.39, 0.29) is 24.8 Å². The summed E-state index contributed by atoms with van der Waals surface area (Å²) in [6.07, 6.45) is 2.95. The van der Waals surface area contributed by atoms with Crippen LogP contribution in [0.25, 0.3) is 10.9 Å². The first-order valence-corrected chi connectivity index (χ1v) is 7.67. The lowest BCUT2D eigenvalue weighted by atomic mass is 10.1. The molecule has 0 aliphatic rings. The highest BCUT2D eigenvalue weighted by atomic mass is 35.5. The van der Waals surface area contributed by atoms with Crippen molar-refractivity contribution in [2.24, 2.45) is 0 Å². The molecule has 4 nitrogen and oxygen atoms in total. The molecule has 0 atom stereocenters. The van der Waals surface area contributed by atoms with E-state index < -0.39 is 0 Å². The third-order valence-corrected chi connectivity index (χ3v) is 3.78. The Bertz CT molecular complexity index is 577. The van der Waals surface area contributed by atoms with Gasteiger partial charge in [0, 0.05) is 24.2 Å². The number of aromatic nitrogens is 1. The van der Waals surface area contributed by atoms with E-state index >= 15 is 0 Å². The van der Waals surface area contributed by atoms with Crippen LogP contribution in [0.4, 0.5) is 5.69 Å². The Morgan fingerprint density at radius 1 is 1.17 bits per heavy atom. The molecule has 130 valence electrons. The van der Waals surface area contributed by atoms with Crippen LogP contribution in [0.2, 0.25) is 0 Å². The van der Waals surface area contributed by atoms with Crippen LogP contribution in [0.5, 0.6) is 5.75 Å². The topological polar surface area (TPSA) is 37.4 Å². The molecule has 0 spiro atoms. The van der Waals surface area contributed by atoms with Crippen LogP contribution in [0.3, 0.4) is 0 Å². The fourth-order valence-corrected chi connectivity index (χ4v) is 2.48. The van der Waals surface area contributed by atoms with Gasteiger partial charge in [-0.05, 0) is 38.2 Å². The van der Waals surface area contributed by atoms with Crippen molar-refractivity contribution in [3.63, 3.8) is 0 Å². The molecule has 0 radical (unpaired) electrons. The van der Waals surface area contributed by atoms with E-state index in [1.54, 1.807) is 7.11 Å². The summed E-state index contributed by atoms with van der Waals surface area (Å²) in [6, 6.07) is 8.05. The van der Waals surface area contributed by atoms with Crippen LogP contribution in [0, 0.1) is 0 Å². The lowest BCUT2D eigenvalue weighted by molar-refractivity contribution is 0.303. The van der Waals surface area contributed by atoms with Gasteiger partial charge in [-0.2, -0.15) is 0 Å². The second-order valence-corrected chi connectivity index (χ2v) is 5.06. The van der Waals surface area contributed by atoms with Gasteiger partial charge in [-0.25, -0.2) is 0 Å². The first-order valence-electron chi connectivity index (χ1n) is 7.67. The smallest absolute Gasteiger partial charge is 0.121 e. The highest BCUT2D eigenvalue weighted by Crippen LogP contribution is 2.27. The summed E-state index contributed by atoms with van der Waals surface area (Å²) >= 11 is 0. The number of nitrogens with one attached hydrogen (secondary N) is 1. The van der Waals surface area contributed by atoms with Gasteiger partial charge in [0.1, 0.15) is 5.75 Å². The molecule has 0 unspecified atom stereocenters. The molecule has 0 bridgehead atoms. The molecule has 1 aromatic heterocycles. The molecule has 0 aliphatic carbocycles. The lowest BCUT2D eigenvalue weighted by Gasteiger charge is -2.18. The molecule has 0 aliphatic heterocycles. The summed E-state index contributed by atoms with van der Waals surface area (Å²) < 4.78 is 5.37. The van der Waals surface area contributed by atoms with Gasteiger partial charge in [0.2, 0.25) is 0 Å². The Balaban J connectivity index is 0.00000242. The van der Waals surface area contributed by atoms with Crippen LogP contribution in [-0.2, 0) is 0 Å². The molecule has 2 rings (SSSR count). The molecule has 1 aromatic carbocycles. The molecule has 1 heterocycles. The standard InChI is InChI=1S/C17H25N3O.2ClH/c1-4-20(5-2)11-7-10-18-16-13-15(21-3)12-14-8-6-9-19-17(14)16;;/h6,8-9,12-13,18H,4-5,7,10-11H2,1-3H3;2*1H. The van der Waals surface area contributed by atoms with E-state index in [1.807, 2.05) is 24.4 Å². The number of hydrogen-bond donors (Lipinski definition) is 1. The summed E-state index contributed by atoms with van der Waals surface area (Å²) in [7, 11) is 1.70. The van der Waals surface area contributed by atoms with Crippen molar-refractivity contribution in [2.75, 3.05) is 38.6 Å². The van der Waals surface area contributed by atoms with Crippen LogP contribution < -0.4 is 10.1 Å². The molecule has 6 heteroatoms. The largest absolute Gasteiger partial charge is 0.497 e. The van der Waals surface area contributed by atoms with Crippen molar-refractivity contribution in [3.05, 3.63) is 30.5 Å². The summed E-state index contributed by atoms with van der Waals surface area (Å²) in [5.41, 5.74) is 2.05. The molecule has 0 fully saturated rings. The first-order chi connectivity index (χ1) is 10.3. The lowest BCUT2D eigenvalue weighted by Crippen LogP contribution is -2.25. The maximum atomic E-state index is 5.37. The van der Waals surface area contributed by atoms with Crippen molar-refractivity contribution in [3.8, 4) is 5.75 Å². The van der Waals surface area contributed by atoms with E-state index in [1.165, 1.54) is 0 Å². The Morgan fingerprint density at radius 3 is 2.57 bits per heavy atom. The van der Waals surface area contributed by atoms with Gasteiger partial charge in [0.15, 0.2) is 0 Å². The number of hydrogen-bond acceptors (Lipinski definition) is 4. The van der Waals surface area contributed by atoms with Crippen molar-refractivity contribution < 1.29 is 4.74 Å². The van der Waals surface area contributed by atoms with Gasteiger partial charge >= 0.3 is 0 Å². The number of anilines is 1. The second kappa shape index (κ2) is 11.3. The fourth-order valence-electron chi connectivity index (χ4n) is 2.48. The van der Waals surface area contributed by atoms with Gasteiger partial charge in [0.25, 0.3) is 0 Å².